The van der Waals surface area contributed by atoms with Gasteiger partial charge in [-0.05, 0) is 17.7 Å². The van der Waals surface area contributed by atoms with Crippen molar-refractivity contribution in [2.75, 3.05) is 0 Å². The normalized spacial score (nSPS) is 11.8. The van der Waals surface area contributed by atoms with E-state index >= 15 is 0 Å². The van der Waals surface area contributed by atoms with E-state index in [0.29, 0.717) is 17.0 Å². The van der Waals surface area contributed by atoms with E-state index in [9.17, 15) is 9.59 Å². The maximum absolute atomic E-state index is 10.7. The maximum atomic E-state index is 10.7. The summed E-state index contributed by atoms with van der Waals surface area (Å²) < 4.78 is 0. The van der Waals surface area contributed by atoms with Crippen LogP contribution < -0.4 is 5.32 Å². The number of hydrogen-bond donors (Lipinski definition) is 2. The fourth-order valence-corrected chi connectivity index (χ4v) is 1.16. The first-order valence-electron chi connectivity index (χ1n) is 3.83. The Bertz CT molecular complexity index is 336. The fourth-order valence-electron chi connectivity index (χ4n) is 1.03. The lowest BCUT2D eigenvalue weighted by Crippen LogP contribution is -2.27. The zero-order valence-electron chi connectivity index (χ0n) is 7.11. The summed E-state index contributed by atoms with van der Waals surface area (Å²) in [5, 5.41) is 11.5. The molecule has 4 nitrogen and oxygen atoms in total. The maximum Gasteiger partial charge on any atom is 0.330 e. The molecule has 0 spiro atoms. The predicted octanol–water partition coefficient (Wildman–Crippen LogP) is 1.21. The number of halogens is 1. The Morgan fingerprint density at radius 3 is 2.43 bits per heavy atom. The molecule has 5 heteroatoms. The van der Waals surface area contributed by atoms with Crippen molar-refractivity contribution < 1.29 is 14.7 Å². The van der Waals surface area contributed by atoms with Gasteiger partial charge in [0.1, 0.15) is 0 Å². The summed E-state index contributed by atoms with van der Waals surface area (Å²) in [6.45, 7) is 0. The van der Waals surface area contributed by atoms with Gasteiger partial charge < -0.3 is 10.4 Å². The van der Waals surface area contributed by atoms with Crippen LogP contribution in [0.2, 0.25) is 5.02 Å². The lowest BCUT2D eigenvalue weighted by atomic mass is 10.1. The third-order valence-corrected chi connectivity index (χ3v) is 1.94. The third-order valence-electron chi connectivity index (χ3n) is 1.68. The molecule has 0 fully saturated rings. The van der Waals surface area contributed by atoms with Crippen LogP contribution in [0.5, 0.6) is 0 Å². The summed E-state index contributed by atoms with van der Waals surface area (Å²) in [5.74, 6) is -1.11. The molecule has 0 aromatic heterocycles. The topological polar surface area (TPSA) is 66.4 Å². The molecule has 0 aliphatic heterocycles. The van der Waals surface area contributed by atoms with Crippen molar-refractivity contribution in [3.63, 3.8) is 0 Å². The van der Waals surface area contributed by atoms with Crippen molar-refractivity contribution in [3.05, 3.63) is 34.9 Å². The summed E-state index contributed by atoms with van der Waals surface area (Å²) >= 11 is 5.64. The number of carbonyl (C=O) groups is 2. The summed E-state index contributed by atoms with van der Waals surface area (Å²) in [6, 6.07) is 5.22. The molecule has 74 valence electrons. The molecule has 0 bridgehead atoms. The van der Waals surface area contributed by atoms with Gasteiger partial charge in [-0.2, -0.15) is 0 Å². The van der Waals surface area contributed by atoms with E-state index in [0.717, 1.165) is 0 Å². The van der Waals surface area contributed by atoms with Crippen LogP contribution in [0.1, 0.15) is 11.6 Å². The molecule has 0 aliphatic carbocycles. The molecule has 1 aromatic carbocycles. The molecule has 1 unspecified atom stereocenters. The van der Waals surface area contributed by atoms with Gasteiger partial charge in [0.25, 0.3) is 0 Å². The van der Waals surface area contributed by atoms with E-state index in [1.54, 1.807) is 24.3 Å². The Morgan fingerprint density at radius 1 is 1.43 bits per heavy atom. The number of benzene rings is 1. The van der Waals surface area contributed by atoms with E-state index in [1.807, 2.05) is 0 Å². The van der Waals surface area contributed by atoms with Crippen LogP contribution in [0.25, 0.3) is 0 Å². The standard InChI is InChI=1S/C9H8ClNO3/c10-7-3-1-6(2-4-7)8(9(13)14)11-5-12/h1-5,8H,(H,11,12)(H,13,14). The lowest BCUT2D eigenvalue weighted by molar-refractivity contribution is -0.140. The Labute approximate surface area is 85.5 Å². The van der Waals surface area contributed by atoms with E-state index < -0.39 is 12.0 Å². The number of amides is 1. The quantitative estimate of drug-likeness (QED) is 0.739. The zero-order valence-corrected chi connectivity index (χ0v) is 7.86. The van der Waals surface area contributed by atoms with Gasteiger partial charge in [0.2, 0.25) is 6.41 Å². The van der Waals surface area contributed by atoms with Gasteiger partial charge in [0, 0.05) is 5.02 Å². The molecule has 0 aliphatic rings. The largest absolute Gasteiger partial charge is 0.479 e. The first-order chi connectivity index (χ1) is 6.65. The summed E-state index contributed by atoms with van der Waals surface area (Å²) in [4.78, 5) is 20.9. The second-order valence-corrected chi connectivity index (χ2v) is 3.04. The Balaban J connectivity index is 2.93. The molecular formula is C9H8ClNO3. The minimum absolute atomic E-state index is 0.355. The number of carbonyl (C=O) groups excluding carboxylic acids is 1. The highest BCUT2D eigenvalue weighted by Gasteiger charge is 2.17. The first kappa shape index (κ1) is 10.5. The summed E-state index contributed by atoms with van der Waals surface area (Å²) in [5.41, 5.74) is 0.481. The minimum Gasteiger partial charge on any atom is -0.479 e. The summed E-state index contributed by atoms with van der Waals surface area (Å²) in [6.07, 6.45) is 0.355. The van der Waals surface area contributed by atoms with Gasteiger partial charge in [0.05, 0.1) is 0 Å². The van der Waals surface area contributed by atoms with Crippen LogP contribution >= 0.6 is 11.6 Å². The molecule has 2 N–H and O–H groups in total. The minimum atomic E-state index is -1.11. The van der Waals surface area contributed by atoms with Crippen LogP contribution in [0, 0.1) is 0 Å². The van der Waals surface area contributed by atoms with Gasteiger partial charge in [0.15, 0.2) is 6.04 Å². The molecule has 14 heavy (non-hydrogen) atoms. The first-order valence-corrected chi connectivity index (χ1v) is 4.21. The van der Waals surface area contributed by atoms with Crippen molar-refractivity contribution in [2.24, 2.45) is 0 Å². The van der Waals surface area contributed by atoms with Crippen molar-refractivity contribution in [1.29, 1.82) is 0 Å². The van der Waals surface area contributed by atoms with Crippen LogP contribution in [0.4, 0.5) is 0 Å². The Hall–Kier alpha value is -1.55. The number of rotatable bonds is 4. The molecule has 1 atom stereocenters. The van der Waals surface area contributed by atoms with Crippen LogP contribution in [-0.2, 0) is 9.59 Å². The SMILES string of the molecule is O=CNC(C(=O)O)c1ccc(Cl)cc1. The molecule has 1 aromatic rings. The average molecular weight is 214 g/mol. The molecular weight excluding hydrogens is 206 g/mol. The van der Waals surface area contributed by atoms with Crippen LogP contribution in [0.3, 0.4) is 0 Å². The van der Waals surface area contributed by atoms with Crippen molar-refractivity contribution in [3.8, 4) is 0 Å². The van der Waals surface area contributed by atoms with Crippen LogP contribution in [-0.4, -0.2) is 17.5 Å². The molecule has 0 radical (unpaired) electrons. The number of aliphatic carboxylic acids is 1. The fraction of sp³-hybridized carbons (Fsp3) is 0.111. The smallest absolute Gasteiger partial charge is 0.330 e. The Morgan fingerprint density at radius 2 is 2.00 bits per heavy atom. The number of carboxylic acid groups (broad SMARTS) is 1. The van der Waals surface area contributed by atoms with Crippen molar-refractivity contribution in [2.45, 2.75) is 6.04 Å². The van der Waals surface area contributed by atoms with Gasteiger partial charge in [-0.15, -0.1) is 0 Å². The number of hydrogen-bond acceptors (Lipinski definition) is 2. The highest BCUT2D eigenvalue weighted by Crippen LogP contribution is 2.16. The van der Waals surface area contributed by atoms with E-state index in [1.165, 1.54) is 0 Å². The number of carboxylic acids is 1. The molecule has 0 heterocycles. The van der Waals surface area contributed by atoms with Crippen LogP contribution in [0.15, 0.2) is 24.3 Å². The van der Waals surface area contributed by atoms with E-state index in [2.05, 4.69) is 5.32 Å². The van der Waals surface area contributed by atoms with Crippen molar-refractivity contribution in [1.82, 2.24) is 5.32 Å². The highest BCUT2D eigenvalue weighted by molar-refractivity contribution is 6.30. The lowest BCUT2D eigenvalue weighted by Gasteiger charge is -2.10. The predicted molar refractivity (Wildman–Crippen MR) is 51.0 cm³/mol. The molecule has 1 rings (SSSR count). The average Bonchev–Trinajstić information content (AvgIpc) is 2.15. The molecule has 0 saturated heterocycles. The summed E-state index contributed by atoms with van der Waals surface area (Å²) in [7, 11) is 0. The molecule has 1 amide bonds. The second-order valence-electron chi connectivity index (χ2n) is 2.61. The van der Waals surface area contributed by atoms with E-state index in [4.69, 9.17) is 16.7 Å². The van der Waals surface area contributed by atoms with Gasteiger partial charge in [-0.1, -0.05) is 23.7 Å². The molecule has 0 saturated carbocycles. The van der Waals surface area contributed by atoms with Gasteiger partial charge in [-0.3, -0.25) is 4.79 Å². The van der Waals surface area contributed by atoms with Crippen molar-refractivity contribution >= 4 is 24.0 Å². The Kier molecular flexibility index (Phi) is 3.48. The monoisotopic (exact) mass is 213 g/mol. The van der Waals surface area contributed by atoms with Gasteiger partial charge in [-0.25, -0.2) is 4.79 Å². The highest BCUT2D eigenvalue weighted by atomic mass is 35.5. The third kappa shape index (κ3) is 2.47. The van der Waals surface area contributed by atoms with Gasteiger partial charge >= 0.3 is 5.97 Å². The zero-order chi connectivity index (χ0) is 10.6. The second kappa shape index (κ2) is 4.62. The number of nitrogens with one attached hydrogen (secondary N) is 1. The van der Waals surface area contributed by atoms with E-state index in [-0.39, 0.29) is 0 Å².